The Bertz CT molecular complexity index is 385. The van der Waals surface area contributed by atoms with Crippen LogP contribution < -0.4 is 5.48 Å². The Labute approximate surface area is 105 Å². The van der Waals surface area contributed by atoms with Gasteiger partial charge in [-0.3, -0.25) is 0 Å². The zero-order valence-corrected chi connectivity index (χ0v) is 8.86. The lowest BCUT2D eigenvalue weighted by atomic mass is 9.97. The van der Waals surface area contributed by atoms with E-state index in [1.807, 2.05) is 0 Å². The molecule has 0 heterocycles. The second-order valence-corrected chi connectivity index (χ2v) is 3.48. The Morgan fingerprint density at radius 2 is 0.762 bits per heavy atom. The van der Waals surface area contributed by atoms with Crippen LogP contribution in [0.3, 0.4) is 0 Å². The van der Waals surface area contributed by atoms with Gasteiger partial charge in [0.25, 0.3) is 0 Å². The number of hydrogen-bond donors (Lipinski definition) is 2. The van der Waals surface area contributed by atoms with E-state index in [0.717, 1.165) is 0 Å². The molecule has 0 rings (SSSR count). The van der Waals surface area contributed by atoms with Crippen LogP contribution >= 0.6 is 0 Å². The van der Waals surface area contributed by atoms with Gasteiger partial charge in [-0.05, 0) is 0 Å². The van der Waals surface area contributed by atoms with E-state index in [2.05, 4.69) is 0 Å². The van der Waals surface area contributed by atoms with E-state index >= 15 is 0 Å². The summed E-state index contributed by atoms with van der Waals surface area (Å²) in [6.45, 7) is 0. The molecular weight excluding hydrogens is 349 g/mol. The average molecular weight is 351 g/mol. The molecule has 0 saturated carbocycles. The molecule has 2 N–H and O–H groups in total. The van der Waals surface area contributed by atoms with Gasteiger partial charge in [0.1, 0.15) is 0 Å². The van der Waals surface area contributed by atoms with Crippen molar-refractivity contribution in [2.75, 3.05) is 0 Å². The first-order valence-corrected chi connectivity index (χ1v) is 4.18. The maximum atomic E-state index is 12.6. The van der Waals surface area contributed by atoms with Gasteiger partial charge in [-0.25, -0.2) is 0 Å². The standard InChI is InChI=1S/C6H2F13NO/c7-1(8,3(11,12)5(15,16)17)2(9,10)4(13,14)6(18,19)20-21/h20-21H. The molecule has 0 fully saturated rings. The fourth-order valence-corrected chi connectivity index (χ4v) is 0.840. The van der Waals surface area contributed by atoms with E-state index < -0.39 is 41.4 Å². The minimum Gasteiger partial charge on any atom is -0.311 e. The second kappa shape index (κ2) is 4.76. The Kier molecular flexibility index (Phi) is 4.53. The van der Waals surface area contributed by atoms with Gasteiger partial charge in [-0.15, -0.1) is 5.48 Å². The smallest absolute Gasteiger partial charge is 0.311 e. The van der Waals surface area contributed by atoms with Crippen molar-refractivity contribution in [1.29, 1.82) is 0 Å². The van der Waals surface area contributed by atoms with Crippen LogP contribution in [0.25, 0.3) is 0 Å². The first-order chi connectivity index (χ1) is 8.81. The van der Waals surface area contributed by atoms with Crippen LogP contribution in [-0.2, 0) is 0 Å². The van der Waals surface area contributed by atoms with Crippen molar-refractivity contribution in [2.45, 2.75) is 35.9 Å². The second-order valence-electron chi connectivity index (χ2n) is 3.48. The lowest BCUT2D eigenvalue weighted by molar-refractivity contribution is -0.446. The van der Waals surface area contributed by atoms with Gasteiger partial charge >= 0.3 is 35.9 Å². The molecule has 0 spiro atoms. The van der Waals surface area contributed by atoms with Crippen LogP contribution in [-0.4, -0.2) is 41.1 Å². The summed E-state index contributed by atoms with van der Waals surface area (Å²) in [7, 11) is 0. The molecular formula is C6H2F13NO. The van der Waals surface area contributed by atoms with Crippen LogP contribution in [0.15, 0.2) is 0 Å². The highest BCUT2D eigenvalue weighted by atomic mass is 19.4. The minimum atomic E-state index is -7.96. The monoisotopic (exact) mass is 351 g/mol. The molecule has 128 valence electrons. The number of alkyl halides is 13. The summed E-state index contributed by atoms with van der Waals surface area (Å²) < 4.78 is 159. The molecule has 2 nitrogen and oxygen atoms in total. The van der Waals surface area contributed by atoms with E-state index in [9.17, 15) is 57.1 Å². The zero-order valence-electron chi connectivity index (χ0n) is 8.86. The molecule has 0 atom stereocenters. The van der Waals surface area contributed by atoms with Crippen LogP contribution in [0.4, 0.5) is 57.1 Å². The molecule has 0 aromatic rings. The van der Waals surface area contributed by atoms with Gasteiger partial charge in [0.05, 0.1) is 0 Å². The number of hydroxylamine groups is 1. The Morgan fingerprint density at radius 1 is 0.476 bits per heavy atom. The lowest BCUT2D eigenvalue weighted by Crippen LogP contribution is -2.72. The van der Waals surface area contributed by atoms with Gasteiger partial charge in [0.2, 0.25) is 0 Å². The third kappa shape index (κ3) is 2.49. The summed E-state index contributed by atoms with van der Waals surface area (Å²) in [5.41, 5.74) is -0.873. The number of halogens is 13. The van der Waals surface area contributed by atoms with Crippen molar-refractivity contribution >= 4 is 0 Å². The van der Waals surface area contributed by atoms with E-state index in [-0.39, 0.29) is 0 Å². The quantitative estimate of drug-likeness (QED) is 0.450. The largest absolute Gasteiger partial charge is 0.460 e. The minimum absolute atomic E-state index is 0.873. The summed E-state index contributed by atoms with van der Waals surface area (Å²) in [4.78, 5) is 0. The van der Waals surface area contributed by atoms with Gasteiger partial charge in [-0.2, -0.15) is 57.1 Å². The lowest BCUT2D eigenvalue weighted by Gasteiger charge is -2.39. The van der Waals surface area contributed by atoms with Crippen LogP contribution in [0.1, 0.15) is 0 Å². The summed E-state index contributed by atoms with van der Waals surface area (Å²) in [6.07, 6.45) is -7.45. The number of rotatable bonds is 5. The molecule has 0 unspecified atom stereocenters. The molecule has 0 aliphatic rings. The summed E-state index contributed by atoms with van der Waals surface area (Å²) >= 11 is 0. The van der Waals surface area contributed by atoms with Crippen LogP contribution in [0.5, 0.6) is 0 Å². The number of nitrogens with one attached hydrogen (secondary N) is 1. The van der Waals surface area contributed by atoms with Crippen LogP contribution in [0.2, 0.25) is 0 Å². The predicted molar refractivity (Wildman–Crippen MR) is 35.7 cm³/mol. The first-order valence-electron chi connectivity index (χ1n) is 4.18. The van der Waals surface area contributed by atoms with Gasteiger partial charge in [0, 0.05) is 0 Å². The van der Waals surface area contributed by atoms with Crippen LogP contribution in [0, 0.1) is 0 Å². The topological polar surface area (TPSA) is 32.3 Å². The molecule has 15 heteroatoms. The van der Waals surface area contributed by atoms with E-state index in [1.54, 1.807) is 0 Å². The van der Waals surface area contributed by atoms with E-state index in [0.29, 0.717) is 0 Å². The molecule has 0 aliphatic carbocycles. The van der Waals surface area contributed by atoms with Crippen molar-refractivity contribution in [1.82, 2.24) is 5.48 Å². The van der Waals surface area contributed by atoms with Gasteiger partial charge < -0.3 is 5.21 Å². The fourth-order valence-electron chi connectivity index (χ4n) is 0.840. The predicted octanol–water partition coefficient (Wildman–Crippen LogP) is 3.66. The average Bonchev–Trinajstić information content (AvgIpc) is 2.26. The third-order valence-electron chi connectivity index (χ3n) is 2.07. The molecule has 0 aromatic carbocycles. The highest BCUT2D eigenvalue weighted by Crippen LogP contribution is 2.59. The van der Waals surface area contributed by atoms with Crippen molar-refractivity contribution in [2.24, 2.45) is 0 Å². The molecule has 0 saturated heterocycles. The Balaban J connectivity index is 6.14. The van der Waals surface area contributed by atoms with Crippen molar-refractivity contribution in [3.63, 3.8) is 0 Å². The van der Waals surface area contributed by atoms with Crippen molar-refractivity contribution in [3.8, 4) is 0 Å². The van der Waals surface area contributed by atoms with E-state index in [1.165, 1.54) is 0 Å². The third-order valence-corrected chi connectivity index (χ3v) is 2.07. The molecule has 0 aliphatic heterocycles. The number of hydrogen-bond acceptors (Lipinski definition) is 2. The van der Waals surface area contributed by atoms with Gasteiger partial charge in [-0.1, -0.05) is 0 Å². The highest BCUT2D eigenvalue weighted by Gasteiger charge is 2.91. The summed E-state index contributed by atoms with van der Waals surface area (Å²) in [6, 6.07) is -6.64. The summed E-state index contributed by atoms with van der Waals surface area (Å²) in [5, 5.41) is 7.45. The summed E-state index contributed by atoms with van der Waals surface area (Å²) in [5.74, 6) is -31.1. The van der Waals surface area contributed by atoms with Crippen molar-refractivity contribution in [3.05, 3.63) is 0 Å². The van der Waals surface area contributed by atoms with E-state index in [4.69, 9.17) is 5.21 Å². The maximum absolute atomic E-state index is 12.6. The highest BCUT2D eigenvalue weighted by molar-refractivity contribution is 5.09. The Morgan fingerprint density at radius 3 is 1.00 bits per heavy atom. The maximum Gasteiger partial charge on any atom is 0.460 e. The first kappa shape index (κ1) is 20.0. The molecule has 0 amide bonds. The fraction of sp³-hybridized carbons (Fsp3) is 1.00. The molecule has 0 aromatic heterocycles. The Hall–Kier alpha value is -0.990. The zero-order chi connectivity index (χ0) is 17.7. The molecule has 0 bridgehead atoms. The van der Waals surface area contributed by atoms with Crippen molar-refractivity contribution < 1.29 is 62.3 Å². The SMILES string of the molecule is ONC(F)(F)C(F)(F)C(F)(F)C(F)(F)C(F)(F)C(F)(F)F. The normalized spacial score (nSPS) is 16.3. The van der Waals surface area contributed by atoms with Gasteiger partial charge in [0.15, 0.2) is 0 Å². The molecule has 21 heavy (non-hydrogen) atoms. The molecule has 0 radical (unpaired) electrons.